The van der Waals surface area contributed by atoms with Gasteiger partial charge in [-0.05, 0) is 35.0 Å². The van der Waals surface area contributed by atoms with Gasteiger partial charge in [0.15, 0.2) is 12.9 Å². The Morgan fingerprint density at radius 3 is 2.64 bits per heavy atom. The summed E-state index contributed by atoms with van der Waals surface area (Å²) in [5.74, 6) is -0.0414. The van der Waals surface area contributed by atoms with Gasteiger partial charge < -0.3 is 10.1 Å². The number of fused-ring (bicyclic) bond motifs is 1. The first kappa shape index (κ1) is 17.3. The van der Waals surface area contributed by atoms with Crippen molar-refractivity contribution in [2.45, 2.75) is 0 Å². The van der Waals surface area contributed by atoms with Crippen molar-refractivity contribution in [2.75, 3.05) is 11.9 Å². The molecule has 0 fully saturated rings. The molecule has 4 nitrogen and oxygen atoms in total. The molecule has 0 bridgehead atoms. The molecule has 3 aromatic carbocycles. The van der Waals surface area contributed by atoms with E-state index >= 15 is 0 Å². The number of aldehydes is 1. The van der Waals surface area contributed by atoms with Gasteiger partial charge in [0, 0.05) is 5.02 Å². The lowest BCUT2D eigenvalue weighted by Crippen LogP contribution is -2.20. The highest BCUT2D eigenvalue weighted by Crippen LogP contribution is 2.27. The maximum absolute atomic E-state index is 12.1. The van der Waals surface area contributed by atoms with Gasteiger partial charge in [-0.1, -0.05) is 53.5 Å². The van der Waals surface area contributed by atoms with Crippen LogP contribution in [0, 0.1) is 0 Å². The van der Waals surface area contributed by atoms with Crippen molar-refractivity contribution in [1.29, 1.82) is 0 Å². The molecular formula is C19H13Cl2NO3. The minimum absolute atomic E-state index is 0.252. The van der Waals surface area contributed by atoms with Gasteiger partial charge in [-0.2, -0.15) is 0 Å². The number of benzene rings is 3. The molecule has 0 aliphatic carbocycles. The van der Waals surface area contributed by atoms with E-state index in [9.17, 15) is 9.59 Å². The van der Waals surface area contributed by atoms with Gasteiger partial charge in [-0.25, -0.2) is 0 Å². The van der Waals surface area contributed by atoms with E-state index in [2.05, 4.69) is 5.32 Å². The van der Waals surface area contributed by atoms with Crippen molar-refractivity contribution in [3.05, 3.63) is 70.2 Å². The quantitative estimate of drug-likeness (QED) is 0.641. The number of carbonyl (C=O) groups excluding carboxylic acids is 2. The van der Waals surface area contributed by atoms with Gasteiger partial charge in [0.25, 0.3) is 5.91 Å². The van der Waals surface area contributed by atoms with Crippen LogP contribution in [-0.2, 0) is 4.79 Å². The normalized spacial score (nSPS) is 10.5. The van der Waals surface area contributed by atoms with E-state index in [0.717, 1.165) is 17.1 Å². The van der Waals surface area contributed by atoms with Gasteiger partial charge in [0.2, 0.25) is 0 Å². The number of nitrogens with one attached hydrogen (secondary N) is 1. The number of rotatable bonds is 5. The molecule has 0 aliphatic rings. The fourth-order valence-corrected chi connectivity index (χ4v) is 2.90. The lowest BCUT2D eigenvalue weighted by Gasteiger charge is -2.11. The van der Waals surface area contributed by atoms with Crippen LogP contribution >= 0.6 is 23.2 Å². The summed E-state index contributed by atoms with van der Waals surface area (Å²) in [5, 5.41) is 5.15. The Bertz CT molecular complexity index is 957. The highest BCUT2D eigenvalue weighted by Gasteiger charge is 2.11. The Kier molecular flexibility index (Phi) is 5.22. The predicted octanol–water partition coefficient (Wildman–Crippen LogP) is 4.98. The molecular weight excluding hydrogens is 361 g/mol. The van der Waals surface area contributed by atoms with E-state index in [1.54, 1.807) is 18.2 Å². The number of halogens is 2. The molecule has 0 radical (unpaired) electrons. The highest BCUT2D eigenvalue weighted by atomic mass is 35.5. The number of amides is 1. The lowest BCUT2D eigenvalue weighted by atomic mass is 10.0. The average Bonchev–Trinajstić information content (AvgIpc) is 2.61. The summed E-state index contributed by atoms with van der Waals surface area (Å²) >= 11 is 11.8. The molecule has 25 heavy (non-hydrogen) atoms. The fraction of sp³-hybridized carbons (Fsp3) is 0.0526. The molecule has 0 saturated carbocycles. The van der Waals surface area contributed by atoms with Gasteiger partial charge in [-0.3, -0.25) is 9.59 Å². The van der Waals surface area contributed by atoms with E-state index in [1.807, 2.05) is 30.3 Å². The van der Waals surface area contributed by atoms with E-state index in [4.69, 9.17) is 27.9 Å². The maximum Gasteiger partial charge on any atom is 0.262 e. The van der Waals surface area contributed by atoms with Crippen LogP contribution in [0.25, 0.3) is 10.8 Å². The molecule has 0 spiro atoms. The van der Waals surface area contributed by atoms with Crippen LogP contribution in [0.1, 0.15) is 10.4 Å². The Labute approximate surface area is 154 Å². The summed E-state index contributed by atoms with van der Waals surface area (Å²) in [6.45, 7) is -0.252. The molecule has 0 saturated heterocycles. The van der Waals surface area contributed by atoms with Crippen molar-refractivity contribution in [3.8, 4) is 5.75 Å². The monoisotopic (exact) mass is 373 g/mol. The molecule has 6 heteroatoms. The summed E-state index contributed by atoms with van der Waals surface area (Å²) in [4.78, 5) is 23.5. The summed E-state index contributed by atoms with van der Waals surface area (Å²) in [5.41, 5.74) is 0.851. The van der Waals surface area contributed by atoms with Gasteiger partial charge in [0.1, 0.15) is 5.75 Å². The van der Waals surface area contributed by atoms with Crippen LogP contribution in [0.4, 0.5) is 5.69 Å². The Morgan fingerprint density at radius 2 is 1.88 bits per heavy atom. The molecule has 1 amide bonds. The fourth-order valence-electron chi connectivity index (χ4n) is 2.44. The molecule has 3 aromatic rings. The second-order valence-corrected chi connectivity index (χ2v) is 6.12. The van der Waals surface area contributed by atoms with Gasteiger partial charge in [0.05, 0.1) is 16.3 Å². The van der Waals surface area contributed by atoms with Crippen molar-refractivity contribution < 1.29 is 14.3 Å². The zero-order valence-electron chi connectivity index (χ0n) is 13.0. The third kappa shape index (κ3) is 3.92. The number of anilines is 1. The summed E-state index contributed by atoms with van der Waals surface area (Å²) in [6.07, 6.45) is 0.728. The van der Waals surface area contributed by atoms with Gasteiger partial charge >= 0.3 is 0 Å². The molecule has 0 heterocycles. The first-order valence-corrected chi connectivity index (χ1v) is 8.18. The standard InChI is InChI=1S/C19H13Cl2NO3/c20-13-6-7-17(16(21)9-13)22-19(24)11-25-18-8-5-12-3-1-2-4-14(12)15(18)10-23/h1-10H,11H2,(H,22,24). The minimum Gasteiger partial charge on any atom is -0.483 e. The van der Waals surface area contributed by atoms with Crippen molar-refractivity contribution >= 4 is 51.9 Å². The Morgan fingerprint density at radius 1 is 1.08 bits per heavy atom. The van der Waals surface area contributed by atoms with E-state index < -0.39 is 5.91 Å². The second kappa shape index (κ2) is 7.55. The lowest BCUT2D eigenvalue weighted by molar-refractivity contribution is -0.118. The SMILES string of the molecule is O=Cc1c(OCC(=O)Nc2ccc(Cl)cc2Cl)ccc2ccccc12. The van der Waals surface area contributed by atoms with E-state index in [-0.39, 0.29) is 6.61 Å². The molecule has 0 atom stereocenters. The summed E-state index contributed by atoms with van der Waals surface area (Å²) in [7, 11) is 0. The molecule has 0 aromatic heterocycles. The first-order valence-electron chi connectivity index (χ1n) is 7.43. The van der Waals surface area contributed by atoms with Crippen LogP contribution in [-0.4, -0.2) is 18.8 Å². The Balaban J connectivity index is 1.74. The van der Waals surface area contributed by atoms with Crippen LogP contribution in [0.15, 0.2) is 54.6 Å². The zero-order valence-corrected chi connectivity index (χ0v) is 14.5. The number of ether oxygens (including phenoxy) is 1. The van der Waals surface area contributed by atoms with Crippen molar-refractivity contribution in [2.24, 2.45) is 0 Å². The number of carbonyl (C=O) groups is 2. The topological polar surface area (TPSA) is 55.4 Å². The number of hydrogen-bond acceptors (Lipinski definition) is 3. The summed E-state index contributed by atoms with van der Waals surface area (Å²) in [6, 6.07) is 15.7. The Hall–Kier alpha value is -2.56. The molecule has 1 N–H and O–H groups in total. The molecule has 0 aliphatic heterocycles. The van der Waals surface area contributed by atoms with Crippen molar-refractivity contribution in [1.82, 2.24) is 0 Å². The van der Waals surface area contributed by atoms with E-state index in [1.165, 1.54) is 6.07 Å². The number of hydrogen-bond donors (Lipinski definition) is 1. The second-order valence-electron chi connectivity index (χ2n) is 5.28. The smallest absolute Gasteiger partial charge is 0.262 e. The average molecular weight is 374 g/mol. The van der Waals surface area contributed by atoms with Gasteiger partial charge in [-0.15, -0.1) is 0 Å². The molecule has 126 valence electrons. The van der Waals surface area contributed by atoms with Crippen LogP contribution < -0.4 is 10.1 Å². The molecule has 3 rings (SSSR count). The van der Waals surface area contributed by atoms with Crippen LogP contribution in [0.3, 0.4) is 0 Å². The van der Waals surface area contributed by atoms with Crippen LogP contribution in [0.5, 0.6) is 5.75 Å². The predicted molar refractivity (Wildman–Crippen MR) is 99.9 cm³/mol. The zero-order chi connectivity index (χ0) is 17.8. The third-order valence-corrected chi connectivity index (χ3v) is 4.16. The van der Waals surface area contributed by atoms with Crippen LogP contribution in [0.2, 0.25) is 10.0 Å². The van der Waals surface area contributed by atoms with E-state index in [0.29, 0.717) is 27.0 Å². The maximum atomic E-state index is 12.1. The highest BCUT2D eigenvalue weighted by molar-refractivity contribution is 6.36. The third-order valence-electron chi connectivity index (χ3n) is 3.61. The largest absolute Gasteiger partial charge is 0.483 e. The molecule has 0 unspecified atom stereocenters. The first-order chi connectivity index (χ1) is 12.1. The summed E-state index contributed by atoms with van der Waals surface area (Å²) < 4.78 is 5.52. The van der Waals surface area contributed by atoms with Crippen molar-refractivity contribution in [3.63, 3.8) is 0 Å². The minimum atomic E-state index is -0.394.